The molecule has 3 heteroatoms. The number of rotatable bonds is 1. The van der Waals surface area contributed by atoms with E-state index in [9.17, 15) is 0 Å². The Morgan fingerprint density at radius 2 is 2.00 bits per heavy atom. The number of hydrogen-bond donors (Lipinski definition) is 0. The van der Waals surface area contributed by atoms with Gasteiger partial charge in [0.1, 0.15) is 6.04 Å². The molecule has 0 spiro atoms. The van der Waals surface area contributed by atoms with E-state index in [4.69, 9.17) is 17.0 Å². The fraction of sp³-hybridized carbons (Fsp3) is 0.222. The maximum Gasteiger partial charge on any atom is 0.133 e. The summed E-state index contributed by atoms with van der Waals surface area (Å²) in [7, 11) is 0. The summed E-state index contributed by atoms with van der Waals surface area (Å²) in [5.74, 6) is 0. The molecule has 0 amide bonds. The first-order chi connectivity index (χ1) is 5.84. The quantitative estimate of drug-likeness (QED) is 0.486. The summed E-state index contributed by atoms with van der Waals surface area (Å²) in [4.78, 5) is 0. The Morgan fingerprint density at radius 3 is 2.50 bits per heavy atom. The minimum absolute atomic E-state index is 0.0952. The second kappa shape index (κ2) is 2.78. The van der Waals surface area contributed by atoms with Gasteiger partial charge in [-0.05, 0) is 17.3 Å². The largest absolute Gasteiger partial charge is 0.196 e. The summed E-state index contributed by atoms with van der Waals surface area (Å²) in [5.41, 5.74) is 1.11. The molecule has 1 aliphatic rings. The van der Waals surface area contributed by atoms with Gasteiger partial charge in [-0.25, -0.2) is 0 Å². The van der Waals surface area contributed by atoms with Crippen molar-refractivity contribution in [2.75, 3.05) is 0 Å². The molecule has 1 aromatic carbocycles. The predicted molar refractivity (Wildman–Crippen MR) is 46.3 cm³/mol. The average Bonchev–Trinajstić information content (AvgIpc) is 2.78. The van der Waals surface area contributed by atoms with Gasteiger partial charge in [-0.1, -0.05) is 30.3 Å². The summed E-state index contributed by atoms with van der Waals surface area (Å²) in [6.07, 6.45) is 0. The van der Waals surface area contributed by atoms with Gasteiger partial charge in [0.25, 0.3) is 0 Å². The van der Waals surface area contributed by atoms with Crippen LogP contribution in [0.1, 0.15) is 11.6 Å². The second-order valence-electron chi connectivity index (χ2n) is 2.77. The van der Waals surface area contributed by atoms with Crippen LogP contribution < -0.4 is 0 Å². The van der Waals surface area contributed by atoms with E-state index in [0.717, 1.165) is 5.56 Å². The van der Waals surface area contributed by atoms with Gasteiger partial charge in [-0.15, -0.1) is 0 Å². The standard InChI is InChI=1S/C9H7ClN2/c10-12-8(6-11)9(12)7-4-2-1-3-5-7/h1-5,8-9H/t8-,9+,12?/m0/s1. The Kier molecular flexibility index (Phi) is 1.76. The molecule has 0 N–H and O–H groups in total. The monoisotopic (exact) mass is 178 g/mol. The van der Waals surface area contributed by atoms with Crippen LogP contribution in [0.2, 0.25) is 0 Å². The van der Waals surface area contributed by atoms with Gasteiger partial charge in [-0.3, -0.25) is 0 Å². The number of nitrogens with zero attached hydrogens (tertiary/aromatic N) is 2. The van der Waals surface area contributed by atoms with Crippen molar-refractivity contribution in [2.45, 2.75) is 12.1 Å². The lowest BCUT2D eigenvalue weighted by molar-refractivity contribution is 0.805. The van der Waals surface area contributed by atoms with Crippen molar-refractivity contribution < 1.29 is 0 Å². The Morgan fingerprint density at radius 1 is 1.33 bits per heavy atom. The summed E-state index contributed by atoms with van der Waals surface area (Å²) < 4.78 is 1.54. The fourth-order valence-electron chi connectivity index (χ4n) is 1.31. The molecule has 3 atom stereocenters. The minimum Gasteiger partial charge on any atom is -0.196 e. The highest BCUT2D eigenvalue weighted by atomic mass is 35.5. The fourth-order valence-corrected chi connectivity index (χ4v) is 1.62. The molecule has 0 aromatic heterocycles. The van der Waals surface area contributed by atoms with Crippen molar-refractivity contribution in [3.05, 3.63) is 35.9 Å². The van der Waals surface area contributed by atoms with Crippen molar-refractivity contribution in [2.24, 2.45) is 0 Å². The molecule has 2 rings (SSSR count). The van der Waals surface area contributed by atoms with Gasteiger partial charge in [-0.2, -0.15) is 9.68 Å². The molecule has 1 fully saturated rings. The van der Waals surface area contributed by atoms with E-state index in [1.54, 1.807) is 0 Å². The maximum atomic E-state index is 8.63. The number of hydrogen-bond acceptors (Lipinski definition) is 2. The molecule has 1 heterocycles. The number of benzene rings is 1. The molecule has 0 bridgehead atoms. The third-order valence-corrected chi connectivity index (χ3v) is 2.43. The highest BCUT2D eigenvalue weighted by Gasteiger charge is 2.48. The molecular formula is C9H7ClN2. The van der Waals surface area contributed by atoms with Crippen molar-refractivity contribution in [3.8, 4) is 6.07 Å². The second-order valence-corrected chi connectivity index (χ2v) is 3.16. The molecule has 0 saturated carbocycles. The molecule has 1 aromatic rings. The van der Waals surface area contributed by atoms with Gasteiger partial charge in [0.15, 0.2) is 0 Å². The predicted octanol–water partition coefficient (Wildman–Crippen LogP) is 2.09. The summed E-state index contributed by atoms with van der Waals surface area (Å²) in [6.45, 7) is 0. The Labute approximate surface area is 76.1 Å². The van der Waals surface area contributed by atoms with E-state index in [2.05, 4.69) is 6.07 Å². The van der Waals surface area contributed by atoms with Crippen LogP contribution in [-0.2, 0) is 0 Å². The van der Waals surface area contributed by atoms with Crippen molar-refractivity contribution in [1.29, 1.82) is 5.26 Å². The zero-order chi connectivity index (χ0) is 8.55. The van der Waals surface area contributed by atoms with Crippen molar-refractivity contribution >= 4 is 11.8 Å². The Balaban J connectivity index is 2.21. The molecule has 1 aliphatic heterocycles. The first-order valence-electron chi connectivity index (χ1n) is 3.73. The SMILES string of the molecule is N#C[C@H]1[C@@H](c2ccccc2)N1Cl. The molecule has 60 valence electrons. The van der Waals surface area contributed by atoms with Gasteiger partial charge in [0, 0.05) is 0 Å². The van der Waals surface area contributed by atoms with Crippen LogP contribution in [0.5, 0.6) is 0 Å². The van der Waals surface area contributed by atoms with Gasteiger partial charge >= 0.3 is 0 Å². The van der Waals surface area contributed by atoms with Crippen molar-refractivity contribution in [3.63, 3.8) is 0 Å². The molecule has 1 saturated heterocycles. The van der Waals surface area contributed by atoms with Crippen LogP contribution in [0.15, 0.2) is 30.3 Å². The van der Waals surface area contributed by atoms with E-state index in [1.165, 1.54) is 4.42 Å². The minimum atomic E-state index is -0.144. The topological polar surface area (TPSA) is 26.8 Å². The Bertz CT molecular complexity index is 317. The van der Waals surface area contributed by atoms with E-state index in [0.29, 0.717) is 0 Å². The van der Waals surface area contributed by atoms with E-state index in [-0.39, 0.29) is 12.1 Å². The van der Waals surface area contributed by atoms with Crippen molar-refractivity contribution in [1.82, 2.24) is 4.42 Å². The van der Waals surface area contributed by atoms with E-state index >= 15 is 0 Å². The smallest absolute Gasteiger partial charge is 0.133 e. The van der Waals surface area contributed by atoms with Crippen LogP contribution in [0, 0.1) is 11.3 Å². The lowest BCUT2D eigenvalue weighted by atomic mass is 10.1. The van der Waals surface area contributed by atoms with E-state index in [1.807, 2.05) is 30.3 Å². The van der Waals surface area contributed by atoms with Crippen LogP contribution in [0.3, 0.4) is 0 Å². The third-order valence-electron chi connectivity index (χ3n) is 2.01. The molecule has 12 heavy (non-hydrogen) atoms. The van der Waals surface area contributed by atoms with Crippen LogP contribution in [-0.4, -0.2) is 10.5 Å². The molecule has 0 radical (unpaired) electrons. The number of halogens is 1. The zero-order valence-electron chi connectivity index (χ0n) is 6.31. The van der Waals surface area contributed by atoms with Gasteiger partial charge in [0.05, 0.1) is 12.1 Å². The molecule has 0 aliphatic carbocycles. The maximum absolute atomic E-state index is 8.63. The molecular weight excluding hydrogens is 172 g/mol. The first-order valence-corrected chi connectivity index (χ1v) is 4.07. The van der Waals surface area contributed by atoms with E-state index < -0.39 is 0 Å². The lowest BCUT2D eigenvalue weighted by Crippen LogP contribution is -1.82. The highest BCUT2D eigenvalue weighted by Crippen LogP contribution is 2.44. The third kappa shape index (κ3) is 1.08. The van der Waals surface area contributed by atoms with Crippen LogP contribution in [0.25, 0.3) is 0 Å². The lowest BCUT2D eigenvalue weighted by Gasteiger charge is -1.93. The normalized spacial score (nSPS) is 32.5. The zero-order valence-corrected chi connectivity index (χ0v) is 7.07. The summed E-state index contributed by atoms with van der Waals surface area (Å²) in [6, 6.07) is 11.9. The Hall–Kier alpha value is -1.04. The average molecular weight is 179 g/mol. The van der Waals surface area contributed by atoms with Gasteiger partial charge < -0.3 is 0 Å². The van der Waals surface area contributed by atoms with Crippen LogP contribution >= 0.6 is 11.8 Å². The summed E-state index contributed by atoms with van der Waals surface area (Å²) >= 11 is 5.76. The summed E-state index contributed by atoms with van der Waals surface area (Å²) in [5, 5.41) is 8.63. The number of nitriles is 1. The molecule has 2 nitrogen and oxygen atoms in total. The van der Waals surface area contributed by atoms with Crippen LogP contribution in [0.4, 0.5) is 0 Å². The van der Waals surface area contributed by atoms with Gasteiger partial charge in [0.2, 0.25) is 0 Å². The molecule has 1 unspecified atom stereocenters. The highest BCUT2D eigenvalue weighted by molar-refractivity contribution is 6.15. The first kappa shape index (κ1) is 7.60.